The minimum absolute atomic E-state index is 0.197. The molecule has 0 bridgehead atoms. The van der Waals surface area contributed by atoms with Crippen LogP contribution in [0.5, 0.6) is 17.2 Å². The fourth-order valence-corrected chi connectivity index (χ4v) is 10.6. The van der Waals surface area contributed by atoms with E-state index in [0.29, 0.717) is 35.1 Å². The number of halogens is 2. The minimum Gasteiger partial charge on any atom is -0.533 e. The van der Waals surface area contributed by atoms with Gasteiger partial charge in [0.25, 0.3) is 0 Å². The van der Waals surface area contributed by atoms with Gasteiger partial charge in [0.2, 0.25) is 0 Å². The summed E-state index contributed by atoms with van der Waals surface area (Å²) in [6, 6.07) is 38.8. The third kappa shape index (κ3) is 6.55. The molecule has 0 fully saturated rings. The molecule has 47 heavy (non-hydrogen) atoms. The van der Waals surface area contributed by atoms with Crippen LogP contribution in [0.1, 0.15) is 26.3 Å². The van der Waals surface area contributed by atoms with E-state index in [1.165, 1.54) is 6.07 Å². The molecule has 8 heteroatoms. The first-order valence-electron chi connectivity index (χ1n) is 15.4. The first-order valence-corrected chi connectivity index (χ1v) is 17.7. The van der Waals surface area contributed by atoms with Gasteiger partial charge in [0, 0.05) is 29.4 Å². The Morgan fingerprint density at radius 2 is 1.36 bits per heavy atom. The standard InChI is InChI=1S/C39H36ClFN2O3Si/c1-39(2,3)47(28-16-10-6-11-17-28,29-18-12-7-13-19-29)46-36-25-35(32(41)23-31(36)40)43-33-20-21-42-34-24-38(37(44-4)22-30(33)34)45-26-27-14-8-5-9-15-27/h5-25H,26H2,1-4H3,(H,42,43). The number of nitrogens with zero attached hydrogens (tertiary/aromatic N) is 1. The lowest BCUT2D eigenvalue weighted by Crippen LogP contribution is -2.68. The smallest absolute Gasteiger partial charge is 0.320 e. The van der Waals surface area contributed by atoms with Gasteiger partial charge in [0.05, 0.1) is 23.3 Å². The average molecular weight is 663 g/mol. The predicted octanol–water partition coefficient (Wildman–Crippen LogP) is 9.30. The van der Waals surface area contributed by atoms with Crippen molar-refractivity contribution in [2.75, 3.05) is 12.4 Å². The van der Waals surface area contributed by atoms with E-state index in [-0.39, 0.29) is 15.7 Å². The lowest BCUT2D eigenvalue weighted by molar-refractivity contribution is 0.285. The molecule has 238 valence electrons. The average Bonchev–Trinajstić information content (AvgIpc) is 3.08. The zero-order chi connectivity index (χ0) is 33.0. The zero-order valence-corrected chi connectivity index (χ0v) is 28.5. The highest BCUT2D eigenvalue weighted by atomic mass is 35.5. The number of nitrogens with one attached hydrogen (secondary N) is 1. The summed E-state index contributed by atoms with van der Waals surface area (Å²) in [5.41, 5.74) is 2.56. The Labute approximate surface area is 281 Å². The van der Waals surface area contributed by atoms with E-state index >= 15 is 4.39 Å². The number of aromatic nitrogens is 1. The maximum atomic E-state index is 15.6. The number of fused-ring (bicyclic) bond motifs is 1. The first-order chi connectivity index (χ1) is 22.7. The van der Waals surface area contributed by atoms with Crippen molar-refractivity contribution in [3.63, 3.8) is 0 Å². The number of hydrogen-bond donors (Lipinski definition) is 1. The van der Waals surface area contributed by atoms with E-state index in [2.05, 4.69) is 55.3 Å². The first kappa shape index (κ1) is 32.1. The highest BCUT2D eigenvalue weighted by molar-refractivity contribution is 7.00. The Morgan fingerprint density at radius 3 is 1.96 bits per heavy atom. The van der Waals surface area contributed by atoms with Crippen molar-refractivity contribution in [1.29, 1.82) is 0 Å². The van der Waals surface area contributed by atoms with Crippen LogP contribution in [-0.4, -0.2) is 20.4 Å². The molecule has 6 rings (SSSR count). The van der Waals surface area contributed by atoms with E-state index in [9.17, 15) is 0 Å². The molecule has 0 aliphatic heterocycles. The van der Waals surface area contributed by atoms with Crippen LogP contribution in [0.4, 0.5) is 15.8 Å². The van der Waals surface area contributed by atoms with E-state index in [1.54, 1.807) is 25.4 Å². The van der Waals surface area contributed by atoms with Gasteiger partial charge >= 0.3 is 8.32 Å². The summed E-state index contributed by atoms with van der Waals surface area (Å²) in [4.78, 5) is 4.56. The molecule has 5 nitrogen and oxygen atoms in total. The molecule has 5 aromatic carbocycles. The molecule has 0 atom stereocenters. The number of ether oxygens (including phenoxy) is 2. The second-order valence-corrected chi connectivity index (χ2v) is 16.9. The molecule has 0 saturated carbocycles. The molecule has 1 heterocycles. The van der Waals surface area contributed by atoms with Crippen molar-refractivity contribution in [2.45, 2.75) is 32.4 Å². The Balaban J connectivity index is 1.39. The van der Waals surface area contributed by atoms with Crippen molar-refractivity contribution in [2.24, 2.45) is 0 Å². The zero-order valence-electron chi connectivity index (χ0n) is 26.8. The Morgan fingerprint density at radius 1 is 0.745 bits per heavy atom. The second-order valence-electron chi connectivity index (χ2n) is 12.3. The predicted molar refractivity (Wildman–Crippen MR) is 192 cm³/mol. The van der Waals surface area contributed by atoms with Gasteiger partial charge in [-0.15, -0.1) is 0 Å². The van der Waals surface area contributed by atoms with Crippen molar-refractivity contribution < 1.29 is 18.3 Å². The van der Waals surface area contributed by atoms with Crippen molar-refractivity contribution in [3.05, 3.63) is 144 Å². The van der Waals surface area contributed by atoms with E-state index in [1.807, 2.05) is 78.9 Å². The number of methoxy groups -OCH3 is 1. The van der Waals surface area contributed by atoms with E-state index < -0.39 is 14.1 Å². The van der Waals surface area contributed by atoms with E-state index in [4.69, 9.17) is 25.5 Å². The SMILES string of the molecule is COc1cc2c(Nc3cc(O[Si](c4ccccc4)(c4ccccc4)C(C)(C)C)c(Cl)cc3F)ccnc2cc1OCc1ccccc1. The molecular formula is C39H36ClFN2O3Si. The third-order valence-electron chi connectivity index (χ3n) is 8.23. The summed E-state index contributed by atoms with van der Waals surface area (Å²) in [5.74, 6) is 0.992. The third-order valence-corrected chi connectivity index (χ3v) is 13.5. The topological polar surface area (TPSA) is 52.6 Å². The van der Waals surface area contributed by atoms with Gasteiger partial charge in [-0.25, -0.2) is 4.39 Å². The molecule has 0 aliphatic rings. The molecular weight excluding hydrogens is 627 g/mol. The summed E-state index contributed by atoms with van der Waals surface area (Å²) in [7, 11) is -1.43. The summed E-state index contributed by atoms with van der Waals surface area (Å²) in [6.07, 6.45) is 1.67. The van der Waals surface area contributed by atoms with Crippen LogP contribution in [0, 0.1) is 5.82 Å². The van der Waals surface area contributed by atoms with Crippen LogP contribution in [0.3, 0.4) is 0 Å². The Kier molecular flexibility index (Phi) is 9.21. The number of rotatable bonds is 10. The molecule has 0 aliphatic carbocycles. The highest BCUT2D eigenvalue weighted by Crippen LogP contribution is 2.42. The number of hydrogen-bond acceptors (Lipinski definition) is 5. The maximum absolute atomic E-state index is 15.6. The molecule has 0 unspecified atom stereocenters. The lowest BCUT2D eigenvalue weighted by Gasteiger charge is -2.43. The second kappa shape index (κ2) is 13.5. The molecule has 1 N–H and O–H groups in total. The molecule has 1 aromatic heterocycles. The number of benzene rings is 5. The van der Waals surface area contributed by atoms with Gasteiger partial charge in [-0.1, -0.05) is 123 Å². The fraction of sp³-hybridized carbons (Fsp3) is 0.154. The summed E-state index contributed by atoms with van der Waals surface area (Å²) in [5, 5.41) is 6.09. The van der Waals surface area contributed by atoms with Gasteiger partial charge in [-0.3, -0.25) is 4.98 Å². The molecule has 0 amide bonds. The van der Waals surface area contributed by atoms with Crippen molar-refractivity contribution in [3.8, 4) is 17.2 Å². The molecule has 0 saturated heterocycles. The van der Waals surface area contributed by atoms with Crippen LogP contribution in [0.15, 0.2) is 128 Å². The van der Waals surface area contributed by atoms with Crippen molar-refractivity contribution >= 4 is 52.6 Å². The lowest BCUT2D eigenvalue weighted by atomic mass is 10.1. The van der Waals surface area contributed by atoms with Gasteiger partial charge in [-0.2, -0.15) is 0 Å². The summed E-state index contributed by atoms with van der Waals surface area (Å²) < 4.78 is 34.6. The van der Waals surface area contributed by atoms with Crippen LogP contribution < -0.4 is 29.6 Å². The molecule has 0 spiro atoms. The highest BCUT2D eigenvalue weighted by Gasteiger charge is 2.52. The quantitative estimate of drug-likeness (QED) is 0.148. The van der Waals surface area contributed by atoms with Crippen LogP contribution in [0.2, 0.25) is 10.1 Å². The summed E-state index contributed by atoms with van der Waals surface area (Å²) in [6.45, 7) is 6.93. The fourth-order valence-electron chi connectivity index (χ4n) is 5.93. The van der Waals surface area contributed by atoms with E-state index in [0.717, 1.165) is 21.3 Å². The monoisotopic (exact) mass is 662 g/mol. The molecule has 0 radical (unpaired) electrons. The number of anilines is 2. The van der Waals surface area contributed by atoms with Gasteiger partial charge in [-0.05, 0) is 39.2 Å². The Hall–Kier alpha value is -4.85. The normalized spacial score (nSPS) is 11.7. The van der Waals surface area contributed by atoms with Crippen molar-refractivity contribution in [1.82, 2.24) is 4.98 Å². The largest absolute Gasteiger partial charge is 0.533 e. The van der Waals surface area contributed by atoms with Crippen LogP contribution in [-0.2, 0) is 6.61 Å². The van der Waals surface area contributed by atoms with Gasteiger partial charge < -0.3 is 19.2 Å². The Bertz CT molecular complexity index is 1950. The minimum atomic E-state index is -3.02. The van der Waals surface area contributed by atoms with Gasteiger partial charge in [0.1, 0.15) is 18.2 Å². The number of pyridine rings is 1. The maximum Gasteiger partial charge on any atom is 0.320 e. The van der Waals surface area contributed by atoms with Crippen LogP contribution >= 0.6 is 11.6 Å². The van der Waals surface area contributed by atoms with Crippen LogP contribution in [0.25, 0.3) is 10.9 Å². The van der Waals surface area contributed by atoms with Gasteiger partial charge in [0.15, 0.2) is 11.5 Å². The summed E-state index contributed by atoms with van der Waals surface area (Å²) >= 11 is 6.75. The molecule has 6 aromatic rings.